The van der Waals surface area contributed by atoms with E-state index in [4.69, 9.17) is 15.2 Å². The highest BCUT2D eigenvalue weighted by Crippen LogP contribution is 2.38. The Kier molecular flexibility index (Phi) is 7.15. The largest absolute Gasteiger partial charge is 0.490 e. The zero-order valence-electron chi connectivity index (χ0n) is 22.1. The number of benzene rings is 1. The smallest absolute Gasteiger partial charge is 0.326 e. The van der Waals surface area contributed by atoms with Crippen LogP contribution >= 0.6 is 0 Å². The van der Waals surface area contributed by atoms with E-state index in [1.54, 1.807) is 24.5 Å². The summed E-state index contributed by atoms with van der Waals surface area (Å²) < 4.78 is 41.1. The van der Waals surface area contributed by atoms with Crippen molar-refractivity contribution in [3.8, 4) is 22.8 Å². The van der Waals surface area contributed by atoms with Crippen LogP contribution in [0.25, 0.3) is 21.9 Å². The molecule has 208 valence electrons. The number of carbonyl (C=O) groups is 2. The van der Waals surface area contributed by atoms with Gasteiger partial charge in [-0.2, -0.15) is 13.9 Å². The lowest BCUT2D eigenvalue weighted by Crippen LogP contribution is -2.33. The van der Waals surface area contributed by atoms with Crippen LogP contribution in [0.1, 0.15) is 49.5 Å². The van der Waals surface area contributed by atoms with Gasteiger partial charge in [-0.15, -0.1) is 0 Å². The lowest BCUT2D eigenvalue weighted by Gasteiger charge is -2.28. The molecule has 0 bridgehead atoms. The van der Waals surface area contributed by atoms with Gasteiger partial charge in [-0.3, -0.25) is 14.3 Å². The number of hydrogen-bond acceptors (Lipinski definition) is 7. The fourth-order valence-corrected chi connectivity index (χ4v) is 5.09. The molecular weight excluding hydrogens is 510 g/mol. The molecule has 1 atom stereocenters. The summed E-state index contributed by atoms with van der Waals surface area (Å²) in [6, 6.07) is 2.68. The molecule has 2 aliphatic heterocycles. The molecule has 1 unspecified atom stereocenters. The van der Waals surface area contributed by atoms with Crippen LogP contribution in [-0.4, -0.2) is 76.3 Å². The highest BCUT2D eigenvalue weighted by molar-refractivity contribution is 6.06. The number of ether oxygens (including phenoxy) is 2. The highest BCUT2D eigenvalue weighted by atomic mass is 19.3. The first-order valence-electron chi connectivity index (χ1n) is 13.0. The van der Waals surface area contributed by atoms with E-state index in [0.717, 1.165) is 31.5 Å². The molecule has 2 saturated heterocycles. The van der Waals surface area contributed by atoms with Gasteiger partial charge in [-0.05, 0) is 64.3 Å². The SMILES string of the molecule is CC(C)Oc1cc2c(OCC3CC(F)(F)C(=O)N3)ncc(-c3cnn(C4CCN(C)CC4)c3)c2cc1C(N)=O. The summed E-state index contributed by atoms with van der Waals surface area (Å²) in [5, 5.41) is 7.99. The van der Waals surface area contributed by atoms with Gasteiger partial charge in [0.25, 0.3) is 11.8 Å². The van der Waals surface area contributed by atoms with E-state index in [2.05, 4.69) is 27.3 Å². The molecule has 10 nitrogen and oxygen atoms in total. The Balaban J connectivity index is 1.54. The summed E-state index contributed by atoms with van der Waals surface area (Å²) in [5.74, 6) is -4.99. The Hall–Kier alpha value is -3.80. The van der Waals surface area contributed by atoms with Gasteiger partial charge in [0.05, 0.1) is 29.9 Å². The number of nitrogens with two attached hydrogens (primary N) is 1. The number of piperidine rings is 1. The standard InChI is InChI=1S/C27H32F2N6O4/c1-15(2)39-23-9-20-19(8-21(23)24(30)36)22(16-11-32-35(13-16)18-4-6-34(3)7-5-18)12-31-25(20)38-14-17-10-27(28,29)26(37)33-17/h8-9,11-13,15,17-18H,4-7,10,14H2,1-3H3,(H2,30,36)(H,33,37). The van der Waals surface area contributed by atoms with Gasteiger partial charge in [-0.1, -0.05) is 0 Å². The summed E-state index contributed by atoms with van der Waals surface area (Å²) in [7, 11) is 2.10. The van der Waals surface area contributed by atoms with Crippen molar-refractivity contribution in [3.63, 3.8) is 0 Å². The maximum atomic E-state index is 13.7. The van der Waals surface area contributed by atoms with Crippen molar-refractivity contribution in [2.24, 2.45) is 5.73 Å². The number of carbonyl (C=O) groups excluding carboxylic acids is 2. The second kappa shape index (κ2) is 10.4. The van der Waals surface area contributed by atoms with E-state index in [1.165, 1.54) is 0 Å². The van der Waals surface area contributed by atoms with Gasteiger partial charge in [0.15, 0.2) is 0 Å². The van der Waals surface area contributed by atoms with Crippen LogP contribution in [0.2, 0.25) is 0 Å². The second-order valence-electron chi connectivity index (χ2n) is 10.5. The van der Waals surface area contributed by atoms with Crippen LogP contribution in [0, 0.1) is 0 Å². The van der Waals surface area contributed by atoms with Crippen LogP contribution in [0.5, 0.6) is 11.6 Å². The minimum Gasteiger partial charge on any atom is -0.490 e. The minimum absolute atomic E-state index is 0.158. The maximum absolute atomic E-state index is 13.7. The first-order valence-corrected chi connectivity index (χ1v) is 13.0. The van der Waals surface area contributed by atoms with Gasteiger partial charge in [0.1, 0.15) is 12.4 Å². The molecule has 0 aliphatic carbocycles. The number of amides is 2. The van der Waals surface area contributed by atoms with E-state index < -0.39 is 30.2 Å². The van der Waals surface area contributed by atoms with Crippen molar-refractivity contribution < 1.29 is 27.8 Å². The number of fused-ring (bicyclic) bond motifs is 1. The number of nitrogens with zero attached hydrogens (tertiary/aromatic N) is 4. The number of alkyl halides is 2. The Labute approximate surface area is 224 Å². The van der Waals surface area contributed by atoms with E-state index in [0.29, 0.717) is 16.3 Å². The summed E-state index contributed by atoms with van der Waals surface area (Å²) in [5.41, 5.74) is 7.40. The molecule has 4 heterocycles. The zero-order valence-corrected chi connectivity index (χ0v) is 22.1. The third-order valence-electron chi connectivity index (χ3n) is 7.15. The van der Waals surface area contributed by atoms with Crippen LogP contribution in [0.4, 0.5) is 8.78 Å². The summed E-state index contributed by atoms with van der Waals surface area (Å²) in [4.78, 5) is 30.7. The van der Waals surface area contributed by atoms with Crippen molar-refractivity contribution in [2.45, 2.75) is 57.2 Å². The topological polar surface area (TPSA) is 125 Å². The van der Waals surface area contributed by atoms with Crippen molar-refractivity contribution in [2.75, 3.05) is 26.7 Å². The normalized spacial score (nSPS) is 19.9. The van der Waals surface area contributed by atoms with Crippen molar-refractivity contribution in [1.29, 1.82) is 0 Å². The van der Waals surface area contributed by atoms with Crippen LogP contribution in [0.3, 0.4) is 0 Å². The molecule has 12 heteroatoms. The number of nitrogens with one attached hydrogen (secondary N) is 1. The summed E-state index contributed by atoms with van der Waals surface area (Å²) >= 11 is 0. The predicted molar refractivity (Wildman–Crippen MR) is 140 cm³/mol. The molecule has 39 heavy (non-hydrogen) atoms. The average molecular weight is 543 g/mol. The predicted octanol–water partition coefficient (Wildman–Crippen LogP) is 3.15. The minimum atomic E-state index is -3.43. The molecule has 3 aromatic rings. The van der Waals surface area contributed by atoms with E-state index in [1.807, 2.05) is 24.7 Å². The molecular formula is C27H32F2N6O4. The van der Waals surface area contributed by atoms with Crippen molar-refractivity contribution in [3.05, 3.63) is 36.3 Å². The summed E-state index contributed by atoms with van der Waals surface area (Å²) in [6.45, 7) is 5.42. The molecule has 2 fully saturated rings. The second-order valence-corrected chi connectivity index (χ2v) is 10.5. The Bertz CT molecular complexity index is 1400. The lowest BCUT2D eigenvalue weighted by molar-refractivity contribution is -0.139. The molecule has 1 aromatic carbocycles. The van der Waals surface area contributed by atoms with Crippen molar-refractivity contribution >= 4 is 22.6 Å². The quantitative estimate of drug-likeness (QED) is 0.448. The molecule has 3 N–H and O–H groups in total. The van der Waals surface area contributed by atoms with Crippen LogP contribution in [0.15, 0.2) is 30.7 Å². The van der Waals surface area contributed by atoms with Gasteiger partial charge in [-0.25, -0.2) is 4.98 Å². The van der Waals surface area contributed by atoms with E-state index >= 15 is 0 Å². The lowest BCUT2D eigenvalue weighted by atomic mass is 9.99. The number of likely N-dealkylation sites (tertiary alicyclic amines) is 1. The molecule has 0 radical (unpaired) electrons. The molecule has 0 saturated carbocycles. The van der Waals surface area contributed by atoms with E-state index in [9.17, 15) is 18.4 Å². The summed E-state index contributed by atoms with van der Waals surface area (Å²) in [6.07, 6.45) is 6.39. The monoisotopic (exact) mass is 542 g/mol. The van der Waals surface area contributed by atoms with Crippen LogP contribution < -0.4 is 20.5 Å². The fraction of sp³-hybridized carbons (Fsp3) is 0.481. The van der Waals surface area contributed by atoms with E-state index in [-0.39, 0.29) is 35.9 Å². The number of rotatable bonds is 8. The molecule has 2 amide bonds. The third-order valence-corrected chi connectivity index (χ3v) is 7.15. The molecule has 2 aliphatic rings. The molecule has 2 aromatic heterocycles. The van der Waals surface area contributed by atoms with Crippen LogP contribution in [-0.2, 0) is 4.79 Å². The first-order chi connectivity index (χ1) is 18.5. The number of primary amides is 1. The average Bonchev–Trinajstić information content (AvgIpc) is 3.46. The number of hydrogen-bond donors (Lipinski definition) is 2. The van der Waals surface area contributed by atoms with Gasteiger partial charge in [0, 0.05) is 35.3 Å². The maximum Gasteiger partial charge on any atom is 0.326 e. The van der Waals surface area contributed by atoms with Crippen molar-refractivity contribution in [1.82, 2.24) is 25.0 Å². The third kappa shape index (κ3) is 5.51. The molecule has 0 spiro atoms. The highest BCUT2D eigenvalue weighted by Gasteiger charge is 2.48. The Morgan fingerprint density at radius 3 is 2.62 bits per heavy atom. The Morgan fingerprint density at radius 1 is 1.23 bits per heavy atom. The van der Waals surface area contributed by atoms with Gasteiger partial charge < -0.3 is 25.4 Å². The fourth-order valence-electron chi connectivity index (χ4n) is 5.09. The number of aromatic nitrogens is 3. The number of pyridine rings is 1. The van der Waals surface area contributed by atoms with Gasteiger partial charge in [0.2, 0.25) is 5.88 Å². The first kappa shape index (κ1) is 26.8. The van der Waals surface area contributed by atoms with Gasteiger partial charge >= 0.3 is 5.92 Å². The number of halogens is 2. The Morgan fingerprint density at radius 2 is 1.97 bits per heavy atom. The molecule has 5 rings (SSSR count). The zero-order chi connectivity index (χ0) is 27.9.